The fourth-order valence-corrected chi connectivity index (χ4v) is 1.84. The number of nitrogens with zero attached hydrogens (tertiary/aromatic N) is 1. The van der Waals surface area contributed by atoms with Crippen molar-refractivity contribution in [1.82, 2.24) is 4.98 Å². The first-order valence-electron chi connectivity index (χ1n) is 5.68. The molecule has 1 heterocycles. The van der Waals surface area contributed by atoms with Gasteiger partial charge in [0.15, 0.2) is 0 Å². The smallest absolute Gasteiger partial charge is 0.354 e. The van der Waals surface area contributed by atoms with Crippen LogP contribution in [0.25, 0.3) is 0 Å². The van der Waals surface area contributed by atoms with Gasteiger partial charge in [-0.25, -0.2) is 19.0 Å². The van der Waals surface area contributed by atoms with Crippen LogP contribution in [0.3, 0.4) is 0 Å². The zero-order chi connectivity index (χ0) is 15.4. The number of hydrogen-bond acceptors (Lipinski definition) is 3. The summed E-state index contributed by atoms with van der Waals surface area (Å²) < 4.78 is 13.3. The van der Waals surface area contributed by atoms with E-state index in [9.17, 15) is 14.0 Å². The first kappa shape index (κ1) is 14.9. The molecule has 2 amide bonds. The molecule has 0 saturated heterocycles. The quantitative estimate of drug-likeness (QED) is 0.789. The van der Waals surface area contributed by atoms with Crippen LogP contribution >= 0.6 is 15.9 Å². The highest BCUT2D eigenvalue weighted by Gasteiger charge is 2.07. The summed E-state index contributed by atoms with van der Waals surface area (Å²) in [6, 6.07) is 6.16. The van der Waals surface area contributed by atoms with Crippen molar-refractivity contribution < 1.29 is 19.1 Å². The lowest BCUT2D eigenvalue weighted by molar-refractivity contribution is 0.0690. The molecule has 8 heteroatoms. The molecule has 0 atom stereocenters. The highest BCUT2D eigenvalue weighted by Crippen LogP contribution is 2.20. The minimum Gasteiger partial charge on any atom is -0.477 e. The van der Waals surface area contributed by atoms with Crippen molar-refractivity contribution in [3.05, 3.63) is 52.5 Å². The third-order valence-corrected chi connectivity index (χ3v) is 3.03. The summed E-state index contributed by atoms with van der Waals surface area (Å²) in [5.74, 6) is -1.59. The van der Waals surface area contributed by atoms with Crippen LogP contribution in [0, 0.1) is 5.82 Å². The lowest BCUT2D eigenvalue weighted by Crippen LogP contribution is -2.19. The molecule has 3 N–H and O–H groups in total. The first-order valence-corrected chi connectivity index (χ1v) is 6.47. The molecule has 2 aromatic rings. The zero-order valence-corrected chi connectivity index (χ0v) is 12.0. The van der Waals surface area contributed by atoms with E-state index in [-0.39, 0.29) is 10.2 Å². The molecule has 0 aliphatic carbocycles. The number of aromatic nitrogens is 1. The van der Waals surface area contributed by atoms with Crippen molar-refractivity contribution in [3.63, 3.8) is 0 Å². The van der Waals surface area contributed by atoms with Gasteiger partial charge in [0.05, 0.1) is 16.4 Å². The van der Waals surface area contributed by atoms with Gasteiger partial charge in [-0.3, -0.25) is 0 Å². The van der Waals surface area contributed by atoms with Crippen LogP contribution in [0.5, 0.6) is 0 Å². The number of carboxylic acids is 1. The number of rotatable bonds is 3. The van der Waals surface area contributed by atoms with Gasteiger partial charge in [0.2, 0.25) is 0 Å². The van der Waals surface area contributed by atoms with Gasteiger partial charge in [-0.15, -0.1) is 0 Å². The largest absolute Gasteiger partial charge is 0.477 e. The summed E-state index contributed by atoms with van der Waals surface area (Å²) >= 11 is 3.01. The molecule has 6 nitrogen and oxygen atoms in total. The van der Waals surface area contributed by atoms with E-state index in [1.807, 2.05) is 0 Å². The van der Waals surface area contributed by atoms with Crippen LogP contribution in [0.15, 0.2) is 41.0 Å². The summed E-state index contributed by atoms with van der Waals surface area (Å²) in [5.41, 5.74) is 0.609. The number of halogens is 2. The van der Waals surface area contributed by atoms with Gasteiger partial charge in [0.1, 0.15) is 11.5 Å². The second kappa shape index (κ2) is 6.31. The van der Waals surface area contributed by atoms with Crippen molar-refractivity contribution in [2.75, 3.05) is 10.6 Å². The number of benzene rings is 1. The van der Waals surface area contributed by atoms with Crippen LogP contribution in [-0.2, 0) is 0 Å². The maximum atomic E-state index is 13.1. The number of carbonyl (C=O) groups is 2. The standard InChI is InChI=1S/C13H9BrFN3O3/c14-9-5-7(1-3-10(9)15)17-13(21)18-8-2-4-11(12(19)20)16-6-8/h1-6H,(H,19,20)(H2,17,18,21). The number of nitrogens with one attached hydrogen (secondary N) is 2. The molecule has 0 bridgehead atoms. The summed E-state index contributed by atoms with van der Waals surface area (Å²) in [5, 5.41) is 13.7. The Balaban J connectivity index is 2.01. The monoisotopic (exact) mass is 353 g/mol. The highest BCUT2D eigenvalue weighted by molar-refractivity contribution is 9.10. The lowest BCUT2D eigenvalue weighted by Gasteiger charge is -2.08. The van der Waals surface area contributed by atoms with Crippen LogP contribution in [0.1, 0.15) is 10.5 Å². The van der Waals surface area contributed by atoms with Crippen LogP contribution in [-0.4, -0.2) is 22.1 Å². The van der Waals surface area contributed by atoms with E-state index >= 15 is 0 Å². The van der Waals surface area contributed by atoms with Gasteiger partial charge in [-0.2, -0.15) is 0 Å². The third kappa shape index (κ3) is 3.99. The molecule has 0 radical (unpaired) electrons. The second-order valence-corrected chi connectivity index (χ2v) is 4.80. The number of anilines is 2. The number of amides is 2. The van der Waals surface area contributed by atoms with E-state index in [1.54, 1.807) is 0 Å². The zero-order valence-electron chi connectivity index (χ0n) is 10.4. The van der Waals surface area contributed by atoms with Gasteiger partial charge in [0, 0.05) is 5.69 Å². The fourth-order valence-electron chi connectivity index (χ4n) is 1.46. The summed E-state index contributed by atoms with van der Waals surface area (Å²) in [6.07, 6.45) is 1.23. The predicted octanol–water partition coefficient (Wildman–Crippen LogP) is 3.33. The highest BCUT2D eigenvalue weighted by atomic mass is 79.9. The van der Waals surface area contributed by atoms with E-state index in [0.717, 1.165) is 0 Å². The van der Waals surface area contributed by atoms with Gasteiger partial charge in [0.25, 0.3) is 0 Å². The lowest BCUT2D eigenvalue weighted by atomic mass is 10.3. The van der Waals surface area contributed by atoms with E-state index in [4.69, 9.17) is 5.11 Å². The average molecular weight is 354 g/mol. The minimum absolute atomic E-state index is 0.122. The molecule has 0 aliphatic heterocycles. The Labute approximate surface area is 127 Å². The van der Waals surface area contributed by atoms with E-state index < -0.39 is 17.8 Å². The summed E-state index contributed by atoms with van der Waals surface area (Å²) in [6.45, 7) is 0. The normalized spacial score (nSPS) is 10.0. The fraction of sp³-hybridized carbons (Fsp3) is 0. The number of urea groups is 1. The van der Waals surface area contributed by atoms with Crippen molar-refractivity contribution in [2.45, 2.75) is 0 Å². The van der Waals surface area contributed by atoms with Gasteiger partial charge < -0.3 is 15.7 Å². The Kier molecular flexibility index (Phi) is 4.49. The molecule has 0 aliphatic rings. The molecule has 0 unspecified atom stereocenters. The summed E-state index contributed by atoms with van der Waals surface area (Å²) in [7, 11) is 0. The minimum atomic E-state index is -1.15. The van der Waals surface area contributed by atoms with Crippen molar-refractivity contribution >= 4 is 39.3 Å². The van der Waals surface area contributed by atoms with Gasteiger partial charge >= 0.3 is 12.0 Å². The molecule has 0 saturated carbocycles. The van der Waals surface area contributed by atoms with Gasteiger partial charge in [-0.1, -0.05) is 0 Å². The molecule has 0 spiro atoms. The predicted molar refractivity (Wildman–Crippen MR) is 77.9 cm³/mol. The number of pyridine rings is 1. The summed E-state index contributed by atoms with van der Waals surface area (Å²) in [4.78, 5) is 26.0. The Morgan fingerprint density at radius 2 is 1.81 bits per heavy atom. The second-order valence-electron chi connectivity index (χ2n) is 3.95. The Bertz CT molecular complexity index is 692. The number of aromatic carboxylic acids is 1. The van der Waals surface area contributed by atoms with Crippen molar-refractivity contribution in [2.24, 2.45) is 0 Å². The first-order chi connectivity index (χ1) is 9.95. The average Bonchev–Trinajstić information content (AvgIpc) is 2.43. The maximum absolute atomic E-state index is 13.1. The number of hydrogen-bond donors (Lipinski definition) is 3. The molecule has 1 aromatic carbocycles. The van der Waals surface area contributed by atoms with Crippen molar-refractivity contribution in [3.8, 4) is 0 Å². The molecule has 2 rings (SSSR count). The molecule has 108 valence electrons. The van der Waals surface area contributed by atoms with Crippen molar-refractivity contribution in [1.29, 1.82) is 0 Å². The number of carbonyl (C=O) groups excluding carboxylic acids is 1. The van der Waals surface area contributed by atoms with Crippen LogP contribution in [0.2, 0.25) is 0 Å². The third-order valence-electron chi connectivity index (χ3n) is 2.42. The van der Waals surface area contributed by atoms with Gasteiger partial charge in [-0.05, 0) is 46.3 Å². The molecular weight excluding hydrogens is 345 g/mol. The Morgan fingerprint density at radius 1 is 1.14 bits per heavy atom. The Morgan fingerprint density at radius 3 is 2.38 bits per heavy atom. The SMILES string of the molecule is O=C(Nc1ccc(C(=O)O)nc1)Nc1ccc(F)c(Br)c1. The molecule has 21 heavy (non-hydrogen) atoms. The van der Waals surface area contributed by atoms with E-state index in [0.29, 0.717) is 11.4 Å². The molecular formula is C13H9BrFN3O3. The number of carboxylic acid groups (broad SMARTS) is 1. The Hall–Kier alpha value is -2.48. The van der Waals surface area contributed by atoms with E-state index in [2.05, 4.69) is 31.5 Å². The van der Waals surface area contributed by atoms with Crippen LogP contribution in [0.4, 0.5) is 20.6 Å². The van der Waals surface area contributed by atoms with Crippen LogP contribution < -0.4 is 10.6 Å². The topological polar surface area (TPSA) is 91.3 Å². The molecule has 1 aromatic heterocycles. The molecule has 0 fully saturated rings. The maximum Gasteiger partial charge on any atom is 0.354 e. The van der Waals surface area contributed by atoms with E-state index in [1.165, 1.54) is 36.5 Å².